The highest BCUT2D eigenvalue weighted by atomic mass is 16.5. The molecule has 2 amide bonds. The predicted octanol–water partition coefficient (Wildman–Crippen LogP) is 1.06. The van der Waals surface area contributed by atoms with Gasteiger partial charge in [0.2, 0.25) is 0 Å². The molecule has 0 aromatic heterocycles. The molecule has 1 atom stereocenters. The molecule has 0 aliphatic carbocycles. The van der Waals surface area contributed by atoms with Gasteiger partial charge in [0.25, 0.3) is 11.8 Å². The number of benzene rings is 1. The van der Waals surface area contributed by atoms with Crippen molar-refractivity contribution in [3.8, 4) is 5.75 Å². The predicted molar refractivity (Wildman–Crippen MR) is 81.9 cm³/mol. The van der Waals surface area contributed by atoms with Crippen molar-refractivity contribution in [2.24, 2.45) is 0 Å². The van der Waals surface area contributed by atoms with Gasteiger partial charge >= 0.3 is 0 Å². The van der Waals surface area contributed by atoms with E-state index >= 15 is 0 Å². The van der Waals surface area contributed by atoms with Crippen LogP contribution in [0.1, 0.15) is 23.7 Å². The number of amides is 2. The molecule has 0 radical (unpaired) electrons. The molecule has 1 N–H and O–H groups in total. The van der Waals surface area contributed by atoms with Crippen molar-refractivity contribution >= 4 is 11.8 Å². The fraction of sp³-hybridized carbons (Fsp3) is 0.500. The van der Waals surface area contributed by atoms with E-state index < -0.39 is 0 Å². The zero-order valence-corrected chi connectivity index (χ0v) is 13.0. The summed E-state index contributed by atoms with van der Waals surface area (Å²) < 4.78 is 11.1. The Morgan fingerprint density at radius 2 is 2.27 bits per heavy atom. The van der Waals surface area contributed by atoms with Gasteiger partial charge in [0.15, 0.2) is 6.61 Å². The van der Waals surface area contributed by atoms with E-state index in [2.05, 4.69) is 5.32 Å². The number of rotatable bonds is 5. The SMILES string of the molecule is CC[C@@H]1CN(C(=O)COc2cccc(C(=O)NC)c2)CCO1. The van der Waals surface area contributed by atoms with Crippen LogP contribution in [0.4, 0.5) is 0 Å². The average molecular weight is 306 g/mol. The van der Waals surface area contributed by atoms with Gasteiger partial charge in [-0.2, -0.15) is 0 Å². The lowest BCUT2D eigenvalue weighted by Gasteiger charge is -2.32. The highest BCUT2D eigenvalue weighted by molar-refractivity contribution is 5.94. The molecule has 6 heteroatoms. The molecular weight excluding hydrogens is 284 g/mol. The number of hydrogen-bond donors (Lipinski definition) is 1. The first-order valence-corrected chi connectivity index (χ1v) is 7.48. The Morgan fingerprint density at radius 3 is 3.00 bits per heavy atom. The van der Waals surface area contributed by atoms with E-state index in [1.165, 1.54) is 0 Å². The van der Waals surface area contributed by atoms with Crippen molar-refractivity contribution in [3.05, 3.63) is 29.8 Å². The Hall–Kier alpha value is -2.08. The summed E-state index contributed by atoms with van der Waals surface area (Å²) in [5.74, 6) is 0.262. The molecule has 1 saturated heterocycles. The average Bonchev–Trinajstić information content (AvgIpc) is 2.59. The fourth-order valence-corrected chi connectivity index (χ4v) is 2.30. The Morgan fingerprint density at radius 1 is 1.45 bits per heavy atom. The second-order valence-electron chi connectivity index (χ2n) is 5.14. The van der Waals surface area contributed by atoms with Crippen LogP contribution in [0.5, 0.6) is 5.75 Å². The molecule has 1 heterocycles. The zero-order chi connectivity index (χ0) is 15.9. The molecular formula is C16H22N2O4. The second-order valence-corrected chi connectivity index (χ2v) is 5.14. The van der Waals surface area contributed by atoms with Crippen molar-refractivity contribution < 1.29 is 19.1 Å². The first-order valence-electron chi connectivity index (χ1n) is 7.48. The molecule has 1 aliphatic rings. The monoisotopic (exact) mass is 306 g/mol. The lowest BCUT2D eigenvalue weighted by Crippen LogP contribution is -2.47. The molecule has 6 nitrogen and oxygen atoms in total. The Kier molecular flexibility index (Phi) is 5.77. The number of carbonyl (C=O) groups excluding carboxylic acids is 2. The van der Waals surface area contributed by atoms with E-state index in [1.807, 2.05) is 6.92 Å². The van der Waals surface area contributed by atoms with Crippen LogP contribution >= 0.6 is 0 Å². The largest absolute Gasteiger partial charge is 0.484 e. The Balaban J connectivity index is 1.89. The summed E-state index contributed by atoms with van der Waals surface area (Å²) in [4.78, 5) is 25.5. The number of carbonyl (C=O) groups is 2. The third-order valence-corrected chi connectivity index (χ3v) is 3.63. The minimum atomic E-state index is -0.184. The normalized spacial score (nSPS) is 17.9. The zero-order valence-electron chi connectivity index (χ0n) is 13.0. The summed E-state index contributed by atoms with van der Waals surface area (Å²) in [6.07, 6.45) is 0.994. The standard InChI is InChI=1S/C16H22N2O4/c1-3-13-10-18(7-8-21-13)15(19)11-22-14-6-4-5-12(9-14)16(20)17-2/h4-6,9,13H,3,7-8,10-11H2,1-2H3,(H,17,20)/t13-/m1/s1. The quantitative estimate of drug-likeness (QED) is 0.883. The number of hydrogen-bond acceptors (Lipinski definition) is 4. The summed E-state index contributed by atoms with van der Waals surface area (Å²) >= 11 is 0. The van der Waals surface area contributed by atoms with Gasteiger partial charge in [0.1, 0.15) is 5.75 Å². The number of nitrogens with zero attached hydrogens (tertiary/aromatic N) is 1. The summed E-state index contributed by atoms with van der Waals surface area (Å²) in [5, 5.41) is 2.55. The maximum atomic E-state index is 12.2. The maximum Gasteiger partial charge on any atom is 0.260 e. The van der Waals surface area contributed by atoms with Crippen LogP contribution in [0.3, 0.4) is 0 Å². The molecule has 1 fully saturated rings. The molecule has 120 valence electrons. The molecule has 0 saturated carbocycles. The molecule has 2 rings (SSSR count). The van der Waals surface area contributed by atoms with Crippen LogP contribution in [0.15, 0.2) is 24.3 Å². The van der Waals surface area contributed by atoms with Crippen LogP contribution in [0.25, 0.3) is 0 Å². The van der Waals surface area contributed by atoms with Crippen molar-refractivity contribution in [2.75, 3.05) is 33.4 Å². The Bertz CT molecular complexity index is 533. The van der Waals surface area contributed by atoms with E-state index in [0.717, 1.165) is 6.42 Å². The number of nitrogens with one attached hydrogen (secondary N) is 1. The van der Waals surface area contributed by atoms with E-state index in [1.54, 1.807) is 36.2 Å². The van der Waals surface area contributed by atoms with Crippen molar-refractivity contribution in [2.45, 2.75) is 19.4 Å². The minimum absolute atomic E-state index is 0.0341. The number of ether oxygens (including phenoxy) is 2. The topological polar surface area (TPSA) is 67.9 Å². The van der Waals surface area contributed by atoms with Gasteiger partial charge in [-0.1, -0.05) is 13.0 Å². The van der Waals surface area contributed by atoms with Gasteiger partial charge in [0, 0.05) is 25.7 Å². The van der Waals surface area contributed by atoms with E-state index in [-0.39, 0.29) is 24.5 Å². The van der Waals surface area contributed by atoms with Crippen LogP contribution in [-0.4, -0.2) is 56.2 Å². The van der Waals surface area contributed by atoms with Gasteiger partial charge in [-0.3, -0.25) is 9.59 Å². The van der Waals surface area contributed by atoms with E-state index in [4.69, 9.17) is 9.47 Å². The Labute approximate surface area is 130 Å². The van der Waals surface area contributed by atoms with Crippen LogP contribution in [0, 0.1) is 0 Å². The molecule has 0 unspecified atom stereocenters. The third-order valence-electron chi connectivity index (χ3n) is 3.63. The molecule has 1 aromatic rings. The summed E-state index contributed by atoms with van der Waals surface area (Å²) in [6, 6.07) is 6.78. The summed E-state index contributed by atoms with van der Waals surface area (Å²) in [5.41, 5.74) is 0.505. The lowest BCUT2D eigenvalue weighted by atomic mass is 10.2. The molecule has 1 aromatic carbocycles. The molecule has 0 bridgehead atoms. The van der Waals surface area contributed by atoms with Gasteiger partial charge in [-0.05, 0) is 24.6 Å². The highest BCUT2D eigenvalue weighted by Gasteiger charge is 2.23. The van der Waals surface area contributed by atoms with Gasteiger partial charge in [-0.25, -0.2) is 0 Å². The molecule has 22 heavy (non-hydrogen) atoms. The third kappa shape index (κ3) is 4.21. The van der Waals surface area contributed by atoms with Gasteiger partial charge < -0.3 is 19.7 Å². The fourth-order valence-electron chi connectivity index (χ4n) is 2.30. The first kappa shape index (κ1) is 16.3. The van der Waals surface area contributed by atoms with Gasteiger partial charge in [0.05, 0.1) is 12.7 Å². The van der Waals surface area contributed by atoms with Crippen LogP contribution in [0.2, 0.25) is 0 Å². The first-order chi connectivity index (χ1) is 10.6. The van der Waals surface area contributed by atoms with Crippen molar-refractivity contribution in [1.29, 1.82) is 0 Å². The second kappa shape index (κ2) is 7.79. The summed E-state index contributed by atoms with van der Waals surface area (Å²) in [6.45, 7) is 3.78. The summed E-state index contributed by atoms with van der Waals surface area (Å²) in [7, 11) is 1.57. The number of morpholine rings is 1. The van der Waals surface area contributed by atoms with Crippen molar-refractivity contribution in [1.82, 2.24) is 10.2 Å². The smallest absolute Gasteiger partial charge is 0.260 e. The van der Waals surface area contributed by atoms with Crippen molar-refractivity contribution in [3.63, 3.8) is 0 Å². The highest BCUT2D eigenvalue weighted by Crippen LogP contribution is 2.14. The lowest BCUT2D eigenvalue weighted by molar-refractivity contribution is -0.141. The van der Waals surface area contributed by atoms with Crippen LogP contribution < -0.4 is 10.1 Å². The maximum absolute atomic E-state index is 12.2. The van der Waals surface area contributed by atoms with Crippen LogP contribution in [-0.2, 0) is 9.53 Å². The molecule has 0 spiro atoms. The van der Waals surface area contributed by atoms with Gasteiger partial charge in [-0.15, -0.1) is 0 Å². The van der Waals surface area contributed by atoms with E-state index in [9.17, 15) is 9.59 Å². The van der Waals surface area contributed by atoms with E-state index in [0.29, 0.717) is 31.0 Å². The molecule has 1 aliphatic heterocycles. The minimum Gasteiger partial charge on any atom is -0.484 e.